The van der Waals surface area contributed by atoms with Crippen molar-refractivity contribution in [3.63, 3.8) is 0 Å². The van der Waals surface area contributed by atoms with Crippen molar-refractivity contribution in [2.75, 3.05) is 0 Å². The Labute approximate surface area is 223 Å². The van der Waals surface area contributed by atoms with E-state index in [0.29, 0.717) is 11.8 Å². The molecule has 4 aliphatic rings. The average molecular weight is 483 g/mol. The lowest BCUT2D eigenvalue weighted by Gasteiger charge is -2.31. The molecule has 0 N–H and O–H groups in total. The number of rotatable bonds is 1. The second-order valence-electron chi connectivity index (χ2n) is 11.2. The highest BCUT2D eigenvalue weighted by atomic mass is 14.5. The van der Waals surface area contributed by atoms with Crippen molar-refractivity contribution in [1.82, 2.24) is 0 Å². The molecule has 0 saturated heterocycles. The number of aryl methyl sites for hydroxylation is 2. The molecule has 0 aromatic heterocycles. The molecule has 0 radical (unpaired) electrons. The van der Waals surface area contributed by atoms with E-state index < -0.39 is 0 Å². The van der Waals surface area contributed by atoms with Gasteiger partial charge in [0.2, 0.25) is 0 Å². The van der Waals surface area contributed by atoms with Crippen LogP contribution in [0.3, 0.4) is 0 Å². The summed E-state index contributed by atoms with van der Waals surface area (Å²) in [6.45, 7) is 4.73. The van der Waals surface area contributed by atoms with Crippen LogP contribution in [0.2, 0.25) is 0 Å². The number of hydrogen-bond acceptors (Lipinski definition) is 0. The van der Waals surface area contributed by atoms with E-state index in [0.717, 1.165) is 0 Å². The molecule has 9 rings (SSSR count). The van der Waals surface area contributed by atoms with Gasteiger partial charge in [-0.3, -0.25) is 0 Å². The smallest absolute Gasteiger partial charge is 0.0206 e. The minimum Gasteiger partial charge on any atom is -0.0760 e. The topological polar surface area (TPSA) is 0 Å². The van der Waals surface area contributed by atoms with Crippen LogP contribution in [0.1, 0.15) is 27.8 Å². The summed E-state index contributed by atoms with van der Waals surface area (Å²) in [5.41, 5.74) is 17.0. The van der Waals surface area contributed by atoms with Crippen LogP contribution in [0.15, 0.2) is 109 Å². The lowest BCUT2D eigenvalue weighted by atomic mass is 9.72. The molecule has 0 fully saturated rings. The number of allylic oxidation sites excluding steroid dienone is 8. The average Bonchev–Trinajstić information content (AvgIpc) is 3.48. The number of benzene rings is 5. The summed E-state index contributed by atoms with van der Waals surface area (Å²) in [6.07, 6.45) is 11.9. The van der Waals surface area contributed by atoms with Crippen molar-refractivity contribution < 1.29 is 0 Å². The molecule has 5 aromatic rings. The monoisotopic (exact) mass is 482 g/mol. The quantitative estimate of drug-likeness (QED) is 0.205. The SMILES string of the molecule is Cc1c2c(c(C)c3c1cc1c4c(cccc43)-c3ccccc3-1)C1=CC=C(c3ccccc3)C3C=CC=C2C13. The summed E-state index contributed by atoms with van der Waals surface area (Å²) in [5, 5.41) is 5.64. The minimum atomic E-state index is 0.372. The Kier molecular flexibility index (Phi) is 3.86. The van der Waals surface area contributed by atoms with Crippen molar-refractivity contribution >= 4 is 38.3 Å². The standard InChI is InChI=1S/C38H26/c1-21-32-20-33-26-13-7-6-12-25(26)28-15-9-16-29(38(28)33)34(32)22(2)36-31-19-18-24(23-10-4-3-5-11-23)27-14-8-17-30(35(21)36)37(27)31/h3-20,27,37H,1-2H3. The highest BCUT2D eigenvalue weighted by Gasteiger charge is 2.42. The molecule has 0 heteroatoms. The van der Waals surface area contributed by atoms with E-state index >= 15 is 0 Å². The Morgan fingerprint density at radius 2 is 1.21 bits per heavy atom. The van der Waals surface area contributed by atoms with E-state index in [1.165, 1.54) is 88.3 Å². The van der Waals surface area contributed by atoms with E-state index in [9.17, 15) is 0 Å². The van der Waals surface area contributed by atoms with Gasteiger partial charge >= 0.3 is 0 Å². The Bertz CT molecular complexity index is 2020. The molecular formula is C38H26. The van der Waals surface area contributed by atoms with Gasteiger partial charge in [0, 0.05) is 11.8 Å². The zero-order valence-electron chi connectivity index (χ0n) is 21.5. The summed E-state index contributed by atoms with van der Waals surface area (Å²) in [5.74, 6) is 0.760. The molecule has 0 saturated carbocycles. The zero-order chi connectivity index (χ0) is 25.1. The number of hydrogen-bond donors (Lipinski definition) is 0. The largest absolute Gasteiger partial charge is 0.0760 e. The Hall–Kier alpha value is -4.42. The van der Waals surface area contributed by atoms with E-state index in [4.69, 9.17) is 0 Å². The van der Waals surface area contributed by atoms with Crippen LogP contribution in [0.25, 0.3) is 60.5 Å². The first-order valence-electron chi connectivity index (χ1n) is 13.7. The molecule has 178 valence electrons. The van der Waals surface area contributed by atoms with E-state index in [1.54, 1.807) is 0 Å². The van der Waals surface area contributed by atoms with Gasteiger partial charge in [0.1, 0.15) is 0 Å². The van der Waals surface area contributed by atoms with Crippen molar-refractivity contribution in [3.8, 4) is 22.3 Å². The van der Waals surface area contributed by atoms with Crippen LogP contribution < -0.4 is 0 Å². The first kappa shape index (κ1) is 20.6. The highest BCUT2D eigenvalue weighted by Crippen LogP contribution is 2.59. The summed E-state index contributed by atoms with van der Waals surface area (Å²) in [4.78, 5) is 0. The van der Waals surface area contributed by atoms with Gasteiger partial charge in [-0.2, -0.15) is 0 Å². The van der Waals surface area contributed by atoms with Gasteiger partial charge in [0.15, 0.2) is 0 Å². The van der Waals surface area contributed by atoms with Crippen LogP contribution in [-0.4, -0.2) is 0 Å². The molecule has 5 aromatic carbocycles. The second kappa shape index (κ2) is 7.11. The van der Waals surface area contributed by atoms with Crippen molar-refractivity contribution in [1.29, 1.82) is 0 Å². The molecule has 0 nitrogen and oxygen atoms in total. The third kappa shape index (κ3) is 2.37. The molecule has 2 atom stereocenters. The Morgan fingerprint density at radius 3 is 2.05 bits per heavy atom. The lowest BCUT2D eigenvalue weighted by molar-refractivity contribution is 0.725. The Balaban J connectivity index is 1.38. The molecule has 4 aliphatic carbocycles. The summed E-state index contributed by atoms with van der Waals surface area (Å²) < 4.78 is 0. The highest BCUT2D eigenvalue weighted by molar-refractivity contribution is 6.26. The summed E-state index contributed by atoms with van der Waals surface area (Å²) in [6, 6.07) is 29.2. The fourth-order valence-corrected chi connectivity index (χ4v) is 8.05. The fraction of sp³-hybridized carbons (Fsp3) is 0.105. The van der Waals surface area contributed by atoms with Gasteiger partial charge in [-0.1, -0.05) is 103 Å². The van der Waals surface area contributed by atoms with Crippen LogP contribution in [-0.2, 0) is 0 Å². The third-order valence-corrected chi connectivity index (χ3v) is 9.56. The van der Waals surface area contributed by atoms with Crippen molar-refractivity contribution in [2.45, 2.75) is 13.8 Å². The maximum absolute atomic E-state index is 2.50. The number of fused-ring (bicyclic) bond motifs is 8. The second-order valence-corrected chi connectivity index (χ2v) is 11.2. The van der Waals surface area contributed by atoms with E-state index in [1.807, 2.05) is 0 Å². The summed E-state index contributed by atoms with van der Waals surface area (Å²) in [7, 11) is 0. The van der Waals surface area contributed by atoms with Gasteiger partial charge < -0.3 is 0 Å². The van der Waals surface area contributed by atoms with E-state index in [-0.39, 0.29) is 0 Å². The van der Waals surface area contributed by atoms with Gasteiger partial charge in [-0.25, -0.2) is 0 Å². The maximum Gasteiger partial charge on any atom is 0.0206 e. The van der Waals surface area contributed by atoms with Gasteiger partial charge in [-0.05, 0) is 108 Å². The molecule has 2 unspecified atom stereocenters. The van der Waals surface area contributed by atoms with Gasteiger partial charge in [-0.15, -0.1) is 0 Å². The van der Waals surface area contributed by atoms with Crippen LogP contribution in [0.4, 0.5) is 0 Å². The normalized spacial score (nSPS) is 19.7. The predicted molar refractivity (Wildman–Crippen MR) is 162 cm³/mol. The predicted octanol–water partition coefficient (Wildman–Crippen LogP) is 9.94. The first-order valence-corrected chi connectivity index (χ1v) is 13.7. The van der Waals surface area contributed by atoms with Crippen LogP contribution >= 0.6 is 0 Å². The van der Waals surface area contributed by atoms with Crippen molar-refractivity contribution in [2.24, 2.45) is 11.8 Å². The van der Waals surface area contributed by atoms with E-state index in [2.05, 4.69) is 123 Å². The molecular weight excluding hydrogens is 456 g/mol. The van der Waals surface area contributed by atoms with Crippen molar-refractivity contribution in [3.05, 3.63) is 137 Å². The maximum atomic E-state index is 2.50. The third-order valence-electron chi connectivity index (χ3n) is 9.56. The molecule has 0 heterocycles. The Morgan fingerprint density at radius 1 is 0.526 bits per heavy atom. The lowest BCUT2D eigenvalue weighted by Crippen LogP contribution is -2.18. The molecule has 0 spiro atoms. The minimum absolute atomic E-state index is 0.372. The van der Waals surface area contributed by atoms with Gasteiger partial charge in [0.25, 0.3) is 0 Å². The van der Waals surface area contributed by atoms with Crippen LogP contribution in [0.5, 0.6) is 0 Å². The fourth-order valence-electron chi connectivity index (χ4n) is 8.05. The molecule has 0 amide bonds. The van der Waals surface area contributed by atoms with Gasteiger partial charge in [0.05, 0.1) is 0 Å². The summed E-state index contributed by atoms with van der Waals surface area (Å²) >= 11 is 0. The van der Waals surface area contributed by atoms with Crippen LogP contribution in [0, 0.1) is 25.7 Å². The molecule has 0 bridgehead atoms. The molecule has 38 heavy (non-hydrogen) atoms. The zero-order valence-corrected chi connectivity index (χ0v) is 21.5. The first-order chi connectivity index (χ1) is 18.7. The molecule has 0 aliphatic heterocycles.